The van der Waals surface area contributed by atoms with Crippen LogP contribution in [0.2, 0.25) is 0 Å². The van der Waals surface area contributed by atoms with Gasteiger partial charge in [-0.2, -0.15) is 5.10 Å². The van der Waals surface area contributed by atoms with E-state index < -0.39 is 0 Å². The Morgan fingerprint density at radius 3 is 2.89 bits per heavy atom. The molecule has 1 aliphatic heterocycles. The standard InChI is InChI=1S/C14H22N4O/c1-14(8-15)5-6-18(9-14)13(19)11-7-16-17(2)12(11)10-3-4-10/h7,10H,3-6,8-9,15H2,1-2H3. The second-order valence-electron chi connectivity index (χ2n) is 6.33. The van der Waals surface area contributed by atoms with Crippen LogP contribution < -0.4 is 5.73 Å². The van der Waals surface area contributed by atoms with Crippen molar-refractivity contribution in [2.75, 3.05) is 19.6 Å². The molecule has 1 saturated heterocycles. The minimum Gasteiger partial charge on any atom is -0.338 e. The summed E-state index contributed by atoms with van der Waals surface area (Å²) in [4.78, 5) is 14.6. The lowest BCUT2D eigenvalue weighted by molar-refractivity contribution is 0.0775. The zero-order valence-corrected chi connectivity index (χ0v) is 11.7. The Labute approximate surface area is 113 Å². The van der Waals surface area contributed by atoms with Gasteiger partial charge in [0.25, 0.3) is 5.91 Å². The summed E-state index contributed by atoms with van der Waals surface area (Å²) in [6, 6.07) is 0. The summed E-state index contributed by atoms with van der Waals surface area (Å²) >= 11 is 0. The van der Waals surface area contributed by atoms with Gasteiger partial charge >= 0.3 is 0 Å². The van der Waals surface area contributed by atoms with Gasteiger partial charge in [-0.15, -0.1) is 0 Å². The Hall–Kier alpha value is -1.36. The molecular weight excluding hydrogens is 240 g/mol. The Balaban J connectivity index is 1.82. The molecule has 0 aromatic carbocycles. The molecule has 3 rings (SSSR count). The first-order valence-electron chi connectivity index (χ1n) is 7.05. The number of nitrogens with two attached hydrogens (primary N) is 1. The van der Waals surface area contributed by atoms with Crippen LogP contribution in [0.5, 0.6) is 0 Å². The maximum Gasteiger partial charge on any atom is 0.257 e. The highest BCUT2D eigenvalue weighted by atomic mass is 16.2. The summed E-state index contributed by atoms with van der Waals surface area (Å²) in [6.45, 7) is 4.37. The minimum atomic E-state index is 0.0810. The fourth-order valence-corrected chi connectivity index (χ4v) is 2.99. The fourth-order valence-electron chi connectivity index (χ4n) is 2.99. The van der Waals surface area contributed by atoms with Crippen molar-refractivity contribution in [3.8, 4) is 0 Å². The second-order valence-corrected chi connectivity index (χ2v) is 6.33. The van der Waals surface area contributed by atoms with Crippen LogP contribution in [0.25, 0.3) is 0 Å². The van der Waals surface area contributed by atoms with Crippen LogP contribution in [0, 0.1) is 5.41 Å². The van der Waals surface area contributed by atoms with Gasteiger partial charge in [0, 0.05) is 26.1 Å². The molecule has 104 valence electrons. The predicted octanol–water partition coefficient (Wildman–Crippen LogP) is 1.11. The maximum atomic E-state index is 12.6. The van der Waals surface area contributed by atoms with Crippen LogP contribution in [0.4, 0.5) is 0 Å². The number of hydrogen-bond donors (Lipinski definition) is 1. The van der Waals surface area contributed by atoms with Crippen molar-refractivity contribution in [2.24, 2.45) is 18.2 Å². The van der Waals surface area contributed by atoms with Crippen molar-refractivity contribution in [3.05, 3.63) is 17.5 Å². The maximum absolute atomic E-state index is 12.6. The molecule has 2 N–H and O–H groups in total. The van der Waals surface area contributed by atoms with Gasteiger partial charge in [0.15, 0.2) is 0 Å². The molecular formula is C14H22N4O. The quantitative estimate of drug-likeness (QED) is 0.887. The second kappa shape index (κ2) is 4.34. The van der Waals surface area contributed by atoms with Crippen molar-refractivity contribution in [2.45, 2.75) is 32.1 Å². The van der Waals surface area contributed by atoms with Crippen molar-refractivity contribution >= 4 is 5.91 Å². The number of likely N-dealkylation sites (tertiary alicyclic amines) is 1. The third-order valence-corrected chi connectivity index (χ3v) is 4.52. The van der Waals surface area contributed by atoms with E-state index >= 15 is 0 Å². The summed E-state index contributed by atoms with van der Waals surface area (Å²) in [5, 5.41) is 4.27. The Morgan fingerprint density at radius 1 is 1.58 bits per heavy atom. The van der Waals surface area contributed by atoms with Crippen molar-refractivity contribution in [1.29, 1.82) is 0 Å². The van der Waals surface area contributed by atoms with E-state index in [-0.39, 0.29) is 11.3 Å². The highest BCUT2D eigenvalue weighted by Gasteiger charge is 2.38. The molecule has 5 nitrogen and oxygen atoms in total. The number of hydrogen-bond acceptors (Lipinski definition) is 3. The van der Waals surface area contributed by atoms with Crippen molar-refractivity contribution in [3.63, 3.8) is 0 Å². The molecule has 1 unspecified atom stereocenters. The Morgan fingerprint density at radius 2 is 2.32 bits per heavy atom. The molecule has 19 heavy (non-hydrogen) atoms. The average molecular weight is 262 g/mol. The molecule has 2 fully saturated rings. The first-order valence-corrected chi connectivity index (χ1v) is 7.05. The van der Waals surface area contributed by atoms with Gasteiger partial charge in [-0.3, -0.25) is 9.48 Å². The molecule has 0 bridgehead atoms. The molecule has 1 aliphatic carbocycles. The fraction of sp³-hybridized carbons (Fsp3) is 0.714. The number of aromatic nitrogens is 2. The van der Waals surface area contributed by atoms with Crippen LogP contribution in [0.3, 0.4) is 0 Å². The van der Waals surface area contributed by atoms with E-state index in [1.807, 2.05) is 16.6 Å². The van der Waals surface area contributed by atoms with Gasteiger partial charge < -0.3 is 10.6 Å². The van der Waals surface area contributed by atoms with Gasteiger partial charge in [-0.25, -0.2) is 0 Å². The molecule has 0 spiro atoms. The SMILES string of the molecule is Cn1ncc(C(=O)N2CCC(C)(CN)C2)c1C1CC1. The summed E-state index contributed by atoms with van der Waals surface area (Å²) in [7, 11) is 1.93. The molecule has 2 heterocycles. The summed E-state index contributed by atoms with van der Waals surface area (Å²) < 4.78 is 1.86. The monoisotopic (exact) mass is 262 g/mol. The van der Waals surface area contributed by atoms with Gasteiger partial charge in [-0.1, -0.05) is 6.92 Å². The molecule has 1 amide bonds. The zero-order valence-electron chi connectivity index (χ0n) is 11.7. The van der Waals surface area contributed by atoms with Crippen LogP contribution >= 0.6 is 0 Å². The summed E-state index contributed by atoms with van der Waals surface area (Å²) in [6.07, 6.45) is 5.09. The van der Waals surface area contributed by atoms with Crippen molar-refractivity contribution in [1.82, 2.24) is 14.7 Å². The zero-order chi connectivity index (χ0) is 13.6. The van der Waals surface area contributed by atoms with Crippen molar-refractivity contribution < 1.29 is 4.79 Å². The molecule has 1 atom stereocenters. The van der Waals surface area contributed by atoms with Crippen LogP contribution in [-0.4, -0.2) is 40.2 Å². The van der Waals surface area contributed by atoms with Crippen LogP contribution in [-0.2, 0) is 7.05 Å². The van der Waals surface area contributed by atoms with E-state index in [2.05, 4.69) is 12.0 Å². The van der Waals surface area contributed by atoms with Gasteiger partial charge in [0.1, 0.15) is 0 Å². The van der Waals surface area contributed by atoms with E-state index in [1.165, 1.54) is 12.8 Å². The van der Waals surface area contributed by atoms with E-state index in [1.54, 1.807) is 6.20 Å². The number of amides is 1. The van der Waals surface area contributed by atoms with Gasteiger partial charge in [0.05, 0.1) is 17.5 Å². The lowest BCUT2D eigenvalue weighted by atomic mass is 9.90. The lowest BCUT2D eigenvalue weighted by Crippen LogP contribution is -2.34. The Kier molecular flexibility index (Phi) is 2.89. The van der Waals surface area contributed by atoms with E-state index in [0.717, 1.165) is 30.8 Å². The highest BCUT2D eigenvalue weighted by molar-refractivity contribution is 5.95. The molecule has 0 radical (unpaired) electrons. The Bertz CT molecular complexity index is 506. The normalized spacial score (nSPS) is 27.0. The van der Waals surface area contributed by atoms with Gasteiger partial charge in [0.2, 0.25) is 0 Å². The van der Waals surface area contributed by atoms with Gasteiger partial charge in [-0.05, 0) is 31.2 Å². The number of nitrogens with zero attached hydrogens (tertiary/aromatic N) is 3. The number of carbonyl (C=O) groups excluding carboxylic acids is 1. The third kappa shape index (κ3) is 2.16. The largest absolute Gasteiger partial charge is 0.338 e. The first kappa shape index (κ1) is 12.7. The summed E-state index contributed by atoms with van der Waals surface area (Å²) in [5.74, 6) is 0.669. The number of carbonyl (C=O) groups is 1. The minimum absolute atomic E-state index is 0.0810. The molecule has 2 aliphatic rings. The summed E-state index contributed by atoms with van der Waals surface area (Å²) in [5.41, 5.74) is 7.80. The molecule has 1 saturated carbocycles. The number of rotatable bonds is 3. The van der Waals surface area contributed by atoms with E-state index in [9.17, 15) is 4.79 Å². The van der Waals surface area contributed by atoms with Crippen LogP contribution in [0.15, 0.2) is 6.20 Å². The van der Waals surface area contributed by atoms with E-state index in [4.69, 9.17) is 5.73 Å². The highest BCUT2D eigenvalue weighted by Crippen LogP contribution is 2.42. The molecule has 1 aromatic heterocycles. The first-order chi connectivity index (χ1) is 9.04. The molecule has 1 aromatic rings. The topological polar surface area (TPSA) is 64.2 Å². The predicted molar refractivity (Wildman–Crippen MR) is 72.9 cm³/mol. The van der Waals surface area contributed by atoms with E-state index in [0.29, 0.717) is 12.5 Å². The smallest absolute Gasteiger partial charge is 0.257 e. The number of aryl methyl sites for hydroxylation is 1. The average Bonchev–Trinajstić information content (AvgIpc) is 3.05. The van der Waals surface area contributed by atoms with Crippen LogP contribution in [0.1, 0.15) is 48.2 Å². The lowest BCUT2D eigenvalue weighted by Gasteiger charge is -2.22. The molecule has 5 heteroatoms. The third-order valence-electron chi connectivity index (χ3n) is 4.52.